The third-order valence-corrected chi connectivity index (χ3v) is 9.55. The molecule has 0 aromatic heterocycles. The van der Waals surface area contributed by atoms with E-state index in [9.17, 15) is 0 Å². The molecule has 0 aliphatic rings. The van der Waals surface area contributed by atoms with Crippen molar-refractivity contribution in [2.45, 2.75) is 70.6 Å². The van der Waals surface area contributed by atoms with Gasteiger partial charge in [0.2, 0.25) is 0 Å². The van der Waals surface area contributed by atoms with E-state index in [1.165, 1.54) is 49.9 Å². The Balaban J connectivity index is 4.21. The topological polar surface area (TPSA) is 0 Å². The number of rotatable bonds is 9. The number of hydrogen-bond acceptors (Lipinski definition) is 0. The fourth-order valence-electron chi connectivity index (χ4n) is 2.78. The van der Waals surface area contributed by atoms with Crippen LogP contribution in [0.1, 0.15) is 46.5 Å². The maximum atomic E-state index is 5.83. The van der Waals surface area contributed by atoms with Gasteiger partial charge in [0, 0.05) is 5.88 Å². The first-order chi connectivity index (χ1) is 6.74. The summed E-state index contributed by atoms with van der Waals surface area (Å²) in [4.78, 5) is 0. The molecule has 14 heavy (non-hydrogen) atoms. The highest BCUT2D eigenvalue weighted by Gasteiger charge is 2.28. The van der Waals surface area contributed by atoms with Crippen molar-refractivity contribution < 1.29 is 0 Å². The van der Waals surface area contributed by atoms with E-state index in [1.807, 2.05) is 0 Å². The van der Waals surface area contributed by atoms with Gasteiger partial charge in [-0.25, -0.2) is 0 Å². The highest BCUT2D eigenvalue weighted by molar-refractivity contribution is 6.79. The highest BCUT2D eigenvalue weighted by Crippen LogP contribution is 2.31. The number of halogens is 1. The van der Waals surface area contributed by atoms with Gasteiger partial charge in [0.25, 0.3) is 0 Å². The molecule has 0 amide bonds. The van der Waals surface area contributed by atoms with Crippen LogP contribution in [0.2, 0.25) is 24.2 Å². The van der Waals surface area contributed by atoms with Gasteiger partial charge < -0.3 is 0 Å². The summed E-state index contributed by atoms with van der Waals surface area (Å²) >= 11 is 5.83. The Hall–Kier alpha value is 0.507. The highest BCUT2D eigenvalue weighted by atomic mass is 35.5. The second-order valence-corrected chi connectivity index (χ2v) is 9.92. The third kappa shape index (κ3) is 5.40. The van der Waals surface area contributed by atoms with Crippen LogP contribution in [0.15, 0.2) is 0 Å². The Kier molecular flexibility index (Phi) is 9.10. The average Bonchev–Trinajstić information content (AvgIpc) is 2.16. The van der Waals surface area contributed by atoms with Crippen molar-refractivity contribution >= 4 is 19.7 Å². The molecule has 0 fully saturated rings. The molecule has 0 N–H and O–H groups in total. The quantitative estimate of drug-likeness (QED) is 0.376. The van der Waals surface area contributed by atoms with Crippen molar-refractivity contribution in [3.05, 3.63) is 0 Å². The molecule has 0 aliphatic carbocycles. The van der Waals surface area contributed by atoms with E-state index in [1.54, 1.807) is 0 Å². The summed E-state index contributed by atoms with van der Waals surface area (Å²) < 4.78 is 0. The summed E-state index contributed by atoms with van der Waals surface area (Å²) in [5.74, 6) is 0.867. The lowest BCUT2D eigenvalue weighted by Crippen LogP contribution is -2.33. The molecule has 2 heteroatoms. The lowest BCUT2D eigenvalue weighted by molar-refractivity contribution is 0.883. The van der Waals surface area contributed by atoms with Crippen molar-refractivity contribution in [3.63, 3.8) is 0 Å². The van der Waals surface area contributed by atoms with Crippen molar-refractivity contribution in [2.24, 2.45) is 0 Å². The van der Waals surface area contributed by atoms with Crippen LogP contribution < -0.4 is 0 Å². The Labute approximate surface area is 96.4 Å². The molecule has 0 aromatic rings. The summed E-state index contributed by atoms with van der Waals surface area (Å²) in [7, 11) is -0.901. The molecule has 0 bridgehead atoms. The van der Waals surface area contributed by atoms with Gasteiger partial charge in [-0.2, -0.15) is 0 Å². The van der Waals surface area contributed by atoms with Crippen LogP contribution in [0.4, 0.5) is 0 Å². The van der Waals surface area contributed by atoms with Gasteiger partial charge in [-0.05, 0) is 6.42 Å². The van der Waals surface area contributed by atoms with Gasteiger partial charge in [0.1, 0.15) is 0 Å². The monoisotopic (exact) mass is 234 g/mol. The standard InChI is InChI=1S/C12H27ClSi/c1-4-9-14(10-5-2,11-6-3)12-7-8-13/h4-12H2,1-3H3. The second-order valence-electron chi connectivity index (χ2n) is 4.54. The van der Waals surface area contributed by atoms with Crippen LogP contribution >= 0.6 is 11.6 Å². The first-order valence-corrected chi connectivity index (χ1v) is 9.67. The van der Waals surface area contributed by atoms with Crippen LogP contribution in [-0.4, -0.2) is 14.0 Å². The molecule has 0 aliphatic heterocycles. The molecule has 0 spiro atoms. The van der Waals surface area contributed by atoms with Crippen LogP contribution in [0.3, 0.4) is 0 Å². The first-order valence-electron chi connectivity index (χ1n) is 6.30. The van der Waals surface area contributed by atoms with E-state index < -0.39 is 8.07 Å². The van der Waals surface area contributed by atoms with Crippen molar-refractivity contribution in [1.29, 1.82) is 0 Å². The lowest BCUT2D eigenvalue weighted by atomic mass is 10.5. The Morgan fingerprint density at radius 3 is 1.50 bits per heavy atom. The largest absolute Gasteiger partial charge is 0.127 e. The van der Waals surface area contributed by atoms with E-state index in [4.69, 9.17) is 11.6 Å². The van der Waals surface area contributed by atoms with Crippen molar-refractivity contribution in [3.8, 4) is 0 Å². The minimum absolute atomic E-state index is 0.867. The molecule has 0 saturated heterocycles. The average molecular weight is 235 g/mol. The van der Waals surface area contributed by atoms with Gasteiger partial charge in [-0.15, -0.1) is 11.6 Å². The van der Waals surface area contributed by atoms with Gasteiger partial charge in [-0.1, -0.05) is 64.2 Å². The van der Waals surface area contributed by atoms with Crippen LogP contribution in [0.25, 0.3) is 0 Å². The predicted molar refractivity (Wildman–Crippen MR) is 71.2 cm³/mol. The molecule has 0 unspecified atom stereocenters. The van der Waals surface area contributed by atoms with E-state index >= 15 is 0 Å². The Morgan fingerprint density at radius 1 is 0.786 bits per heavy atom. The SMILES string of the molecule is CCC[Si](CCC)(CCC)CCCCl. The first kappa shape index (κ1) is 14.5. The summed E-state index contributed by atoms with van der Waals surface area (Å²) in [6.07, 6.45) is 5.41. The summed E-state index contributed by atoms with van der Waals surface area (Å²) in [5, 5.41) is 0. The van der Waals surface area contributed by atoms with E-state index in [0.29, 0.717) is 0 Å². The van der Waals surface area contributed by atoms with Crippen LogP contribution in [0.5, 0.6) is 0 Å². The molecule has 0 heterocycles. The lowest BCUT2D eigenvalue weighted by Gasteiger charge is -2.31. The molecular formula is C12H27ClSi. The van der Waals surface area contributed by atoms with E-state index in [-0.39, 0.29) is 0 Å². The van der Waals surface area contributed by atoms with Gasteiger partial charge in [0.15, 0.2) is 0 Å². The zero-order valence-electron chi connectivity index (χ0n) is 10.2. The summed E-state index contributed by atoms with van der Waals surface area (Å²) in [6.45, 7) is 7.02. The minimum Gasteiger partial charge on any atom is -0.127 e. The molecule has 0 nitrogen and oxygen atoms in total. The molecule has 86 valence electrons. The Bertz CT molecular complexity index is 108. The predicted octanol–water partition coefficient (Wildman–Crippen LogP) is 5.29. The molecule has 0 rings (SSSR count). The fourth-order valence-corrected chi connectivity index (χ4v) is 8.75. The zero-order chi connectivity index (χ0) is 10.9. The smallest absolute Gasteiger partial charge is 0.0535 e. The van der Waals surface area contributed by atoms with E-state index in [0.717, 1.165) is 5.88 Å². The van der Waals surface area contributed by atoms with Crippen molar-refractivity contribution in [2.75, 3.05) is 5.88 Å². The molecule has 0 aromatic carbocycles. The normalized spacial score (nSPS) is 12.0. The summed E-state index contributed by atoms with van der Waals surface area (Å²) in [5.41, 5.74) is 0. The molecule has 0 radical (unpaired) electrons. The fraction of sp³-hybridized carbons (Fsp3) is 1.00. The maximum absolute atomic E-state index is 5.83. The third-order valence-electron chi connectivity index (χ3n) is 3.18. The number of alkyl halides is 1. The molecule has 0 saturated carbocycles. The van der Waals surface area contributed by atoms with Gasteiger partial charge in [-0.3, -0.25) is 0 Å². The Morgan fingerprint density at radius 2 is 1.21 bits per heavy atom. The summed E-state index contributed by atoms with van der Waals surface area (Å²) in [6, 6.07) is 6.08. The molecular weight excluding hydrogens is 208 g/mol. The number of hydrogen-bond donors (Lipinski definition) is 0. The molecule has 0 atom stereocenters. The maximum Gasteiger partial charge on any atom is 0.0535 e. The van der Waals surface area contributed by atoms with Crippen molar-refractivity contribution in [1.82, 2.24) is 0 Å². The van der Waals surface area contributed by atoms with Gasteiger partial charge >= 0.3 is 0 Å². The minimum atomic E-state index is -0.901. The van der Waals surface area contributed by atoms with Crippen LogP contribution in [-0.2, 0) is 0 Å². The van der Waals surface area contributed by atoms with Crippen LogP contribution in [0, 0.1) is 0 Å². The second kappa shape index (κ2) is 8.79. The van der Waals surface area contributed by atoms with E-state index in [2.05, 4.69) is 20.8 Å². The van der Waals surface area contributed by atoms with Gasteiger partial charge in [0.05, 0.1) is 8.07 Å². The zero-order valence-corrected chi connectivity index (χ0v) is 12.0.